The summed E-state index contributed by atoms with van der Waals surface area (Å²) in [6.07, 6.45) is 6.16. The van der Waals surface area contributed by atoms with Gasteiger partial charge in [-0.3, -0.25) is 0 Å². The summed E-state index contributed by atoms with van der Waals surface area (Å²) in [5.41, 5.74) is 9.74. The zero-order valence-corrected chi connectivity index (χ0v) is 19.7. The second-order valence-electron chi connectivity index (χ2n) is 8.43. The third kappa shape index (κ3) is 4.56. The number of ether oxygens (including phenoxy) is 1. The van der Waals surface area contributed by atoms with E-state index in [4.69, 9.17) is 19.9 Å². The maximum atomic E-state index is 6.14. The van der Waals surface area contributed by atoms with Crippen LogP contribution in [0.15, 0.2) is 51.3 Å². The Morgan fingerprint density at radius 3 is 3.00 bits per heavy atom. The van der Waals surface area contributed by atoms with Crippen molar-refractivity contribution in [2.45, 2.75) is 55.7 Å². The molecule has 3 N–H and O–H groups in total. The van der Waals surface area contributed by atoms with Crippen LogP contribution in [0.25, 0.3) is 22.5 Å². The van der Waals surface area contributed by atoms with Crippen molar-refractivity contribution in [1.82, 2.24) is 24.8 Å². The molecular weight excluding hydrogens is 436 g/mol. The molecule has 172 valence electrons. The number of nitrogens with zero attached hydrogens (tertiary/aromatic N) is 4. The van der Waals surface area contributed by atoms with Crippen molar-refractivity contribution >= 4 is 28.7 Å². The molecule has 33 heavy (non-hydrogen) atoms. The number of imidazole rings is 1. The Labute approximate surface area is 197 Å². The van der Waals surface area contributed by atoms with Gasteiger partial charge in [0.2, 0.25) is 0 Å². The summed E-state index contributed by atoms with van der Waals surface area (Å²) in [6, 6.07) is 8.61. The van der Waals surface area contributed by atoms with Crippen LogP contribution >= 0.6 is 11.8 Å². The minimum atomic E-state index is 0.394. The number of hydrogen-bond acceptors (Lipinski definition) is 8. The Hall–Kier alpha value is -3.04. The van der Waals surface area contributed by atoms with Crippen molar-refractivity contribution in [3.63, 3.8) is 0 Å². The minimum absolute atomic E-state index is 0.394. The van der Waals surface area contributed by atoms with Crippen molar-refractivity contribution in [2.24, 2.45) is 0 Å². The molecule has 8 nitrogen and oxygen atoms in total. The number of nitrogens with two attached hydrogens (primary N) is 1. The van der Waals surface area contributed by atoms with E-state index in [1.54, 1.807) is 18.0 Å². The highest BCUT2D eigenvalue weighted by Gasteiger charge is 2.21. The molecule has 0 spiro atoms. The first-order valence-electron chi connectivity index (χ1n) is 11.3. The van der Waals surface area contributed by atoms with Crippen LogP contribution in [0.5, 0.6) is 5.75 Å². The number of nitrogens with one attached hydrogen (secondary N) is 1. The fourth-order valence-corrected chi connectivity index (χ4v) is 5.12. The number of hydrogen-bond donors (Lipinski definition) is 2. The maximum Gasteiger partial charge on any atom is 0.175 e. The van der Waals surface area contributed by atoms with Crippen LogP contribution in [0.4, 0.5) is 5.82 Å². The second kappa shape index (κ2) is 9.44. The molecule has 1 aromatic carbocycles. The highest BCUT2D eigenvalue weighted by molar-refractivity contribution is 7.99. The predicted octanol–water partition coefficient (Wildman–Crippen LogP) is 4.53. The molecule has 4 aromatic rings. The average Bonchev–Trinajstić information content (AvgIpc) is 3.45. The van der Waals surface area contributed by atoms with Gasteiger partial charge in [0.15, 0.2) is 22.1 Å². The lowest BCUT2D eigenvalue weighted by Gasteiger charge is -2.20. The molecule has 0 unspecified atom stereocenters. The number of aryl methyl sites for hydroxylation is 2. The Bertz CT molecular complexity index is 1250. The van der Waals surface area contributed by atoms with Crippen LogP contribution in [-0.2, 0) is 13.0 Å². The Balaban J connectivity index is 1.55. The van der Waals surface area contributed by atoms with Gasteiger partial charge in [-0.25, -0.2) is 15.0 Å². The fourth-order valence-electron chi connectivity index (χ4n) is 4.03. The number of fused-ring (bicyclic) bond motifs is 2. The number of rotatable bonds is 8. The number of nitrogen functional groups attached to an aromatic ring is 1. The van der Waals surface area contributed by atoms with E-state index in [0.717, 1.165) is 71.7 Å². The molecule has 9 heteroatoms. The van der Waals surface area contributed by atoms with Crippen LogP contribution < -0.4 is 15.8 Å². The van der Waals surface area contributed by atoms with E-state index in [1.807, 2.05) is 12.1 Å². The monoisotopic (exact) mass is 464 g/mol. The number of anilines is 1. The summed E-state index contributed by atoms with van der Waals surface area (Å²) in [4.78, 5) is 14.6. The van der Waals surface area contributed by atoms with Crippen molar-refractivity contribution in [3.05, 3.63) is 42.4 Å². The fraction of sp³-hybridized carbons (Fsp3) is 0.375. The lowest BCUT2D eigenvalue weighted by molar-refractivity contribution is 0.288. The first-order chi connectivity index (χ1) is 16.1. The summed E-state index contributed by atoms with van der Waals surface area (Å²) < 4.78 is 13.8. The quantitative estimate of drug-likeness (QED) is 0.367. The van der Waals surface area contributed by atoms with Crippen LogP contribution in [0.2, 0.25) is 0 Å². The van der Waals surface area contributed by atoms with Crippen LogP contribution in [0, 0.1) is 0 Å². The molecule has 1 aliphatic rings. The summed E-state index contributed by atoms with van der Waals surface area (Å²) in [5, 5.41) is 4.31. The van der Waals surface area contributed by atoms with Crippen molar-refractivity contribution in [1.29, 1.82) is 0 Å². The van der Waals surface area contributed by atoms with E-state index in [2.05, 4.69) is 45.8 Å². The van der Waals surface area contributed by atoms with Gasteiger partial charge < -0.3 is 24.8 Å². The molecule has 1 aliphatic heterocycles. The highest BCUT2D eigenvalue weighted by Crippen LogP contribution is 2.42. The molecule has 0 saturated heterocycles. The Morgan fingerprint density at radius 2 is 2.18 bits per heavy atom. The first-order valence-corrected chi connectivity index (χ1v) is 12.1. The molecule has 0 bridgehead atoms. The third-order valence-electron chi connectivity index (χ3n) is 5.63. The number of aromatic nitrogens is 4. The highest BCUT2D eigenvalue weighted by atomic mass is 32.2. The molecule has 0 amide bonds. The van der Waals surface area contributed by atoms with Gasteiger partial charge in [0.25, 0.3) is 0 Å². The van der Waals surface area contributed by atoms with Crippen molar-refractivity contribution in [3.8, 4) is 17.1 Å². The first kappa shape index (κ1) is 21.8. The zero-order chi connectivity index (χ0) is 22.8. The average molecular weight is 465 g/mol. The second-order valence-corrected chi connectivity index (χ2v) is 9.44. The topological polar surface area (TPSA) is 104 Å². The van der Waals surface area contributed by atoms with E-state index >= 15 is 0 Å². The number of benzene rings is 1. The summed E-state index contributed by atoms with van der Waals surface area (Å²) in [7, 11) is 0. The molecule has 0 radical (unpaired) electrons. The normalized spacial score (nSPS) is 13.4. The summed E-state index contributed by atoms with van der Waals surface area (Å²) in [5.74, 6) is 2.13. The van der Waals surface area contributed by atoms with Gasteiger partial charge in [-0.15, -0.1) is 0 Å². The molecule has 3 aromatic heterocycles. The predicted molar refractivity (Wildman–Crippen MR) is 130 cm³/mol. The zero-order valence-electron chi connectivity index (χ0n) is 18.9. The standard InChI is InChI=1S/C24H28N6O2S/c1-15(2)26-8-5-9-30-23-21(22(25)27-14-28-23)29-24(30)33-20-12-16-6-3-10-32-19(16)13-17(20)18-7-4-11-31-18/h4,7,11-15,26H,3,5-6,8-10H2,1-2H3,(H2,25,27,28). The summed E-state index contributed by atoms with van der Waals surface area (Å²) in [6.45, 7) is 6.74. The molecule has 0 aliphatic carbocycles. The lowest BCUT2D eigenvalue weighted by atomic mass is 10.0. The van der Waals surface area contributed by atoms with Crippen LogP contribution in [0.3, 0.4) is 0 Å². The third-order valence-corrected chi connectivity index (χ3v) is 6.69. The van der Waals surface area contributed by atoms with Gasteiger partial charge in [-0.05, 0) is 55.6 Å². The molecular formula is C24H28N6O2S. The SMILES string of the molecule is CC(C)NCCCn1c(Sc2cc3c(cc2-c2ccco2)OCCC3)nc2c(N)ncnc21. The molecule has 0 saturated carbocycles. The van der Waals surface area contributed by atoms with Gasteiger partial charge in [0, 0.05) is 23.0 Å². The van der Waals surface area contributed by atoms with Gasteiger partial charge in [0.1, 0.15) is 17.8 Å². The maximum absolute atomic E-state index is 6.14. The minimum Gasteiger partial charge on any atom is -0.493 e. The van der Waals surface area contributed by atoms with Gasteiger partial charge in [-0.2, -0.15) is 0 Å². The van der Waals surface area contributed by atoms with Crippen LogP contribution in [-0.4, -0.2) is 38.7 Å². The van der Waals surface area contributed by atoms with E-state index in [9.17, 15) is 0 Å². The summed E-state index contributed by atoms with van der Waals surface area (Å²) >= 11 is 1.60. The van der Waals surface area contributed by atoms with Gasteiger partial charge in [-0.1, -0.05) is 25.6 Å². The van der Waals surface area contributed by atoms with E-state index in [1.165, 1.54) is 11.9 Å². The van der Waals surface area contributed by atoms with E-state index in [-0.39, 0.29) is 0 Å². The van der Waals surface area contributed by atoms with Gasteiger partial charge >= 0.3 is 0 Å². The van der Waals surface area contributed by atoms with Crippen molar-refractivity contribution < 1.29 is 9.15 Å². The number of furan rings is 1. The molecule has 5 rings (SSSR count). The lowest BCUT2D eigenvalue weighted by Crippen LogP contribution is -2.24. The van der Waals surface area contributed by atoms with E-state index in [0.29, 0.717) is 17.4 Å². The van der Waals surface area contributed by atoms with Crippen molar-refractivity contribution in [2.75, 3.05) is 18.9 Å². The Morgan fingerprint density at radius 1 is 1.27 bits per heavy atom. The Kier molecular flexibility index (Phi) is 6.24. The van der Waals surface area contributed by atoms with E-state index < -0.39 is 0 Å². The van der Waals surface area contributed by atoms with Gasteiger partial charge in [0.05, 0.1) is 12.9 Å². The smallest absolute Gasteiger partial charge is 0.175 e. The molecule has 0 fully saturated rings. The molecule has 0 atom stereocenters. The largest absolute Gasteiger partial charge is 0.493 e. The van der Waals surface area contributed by atoms with Crippen LogP contribution in [0.1, 0.15) is 32.3 Å². The molecule has 4 heterocycles.